The molecule has 0 radical (unpaired) electrons. The lowest BCUT2D eigenvalue weighted by molar-refractivity contribution is 0.0649. The maximum atomic E-state index is 12.2. The molecular formula is C12H16N4O2. The van der Waals surface area contributed by atoms with Crippen LogP contribution < -0.4 is 11.1 Å². The Hall–Kier alpha value is -1.95. The van der Waals surface area contributed by atoms with Gasteiger partial charge in [0.15, 0.2) is 0 Å². The Morgan fingerprint density at radius 1 is 1.50 bits per heavy atom. The summed E-state index contributed by atoms with van der Waals surface area (Å²) in [5.74, 6) is -0.656. The zero-order chi connectivity index (χ0) is 13.1. The zero-order valence-electron chi connectivity index (χ0n) is 10.2. The van der Waals surface area contributed by atoms with Gasteiger partial charge in [-0.2, -0.15) is 0 Å². The summed E-state index contributed by atoms with van der Waals surface area (Å²) in [5.41, 5.74) is 5.77. The van der Waals surface area contributed by atoms with E-state index in [1.54, 1.807) is 4.90 Å². The molecule has 1 aliphatic heterocycles. The van der Waals surface area contributed by atoms with Crippen molar-refractivity contribution in [2.75, 3.05) is 19.6 Å². The van der Waals surface area contributed by atoms with Gasteiger partial charge >= 0.3 is 0 Å². The van der Waals surface area contributed by atoms with Gasteiger partial charge in [-0.25, -0.2) is 0 Å². The monoisotopic (exact) mass is 248 g/mol. The minimum Gasteiger partial charge on any atom is -0.366 e. The number of hydrogen-bond acceptors (Lipinski definition) is 4. The highest BCUT2D eigenvalue weighted by Gasteiger charge is 2.24. The molecule has 2 heterocycles. The average Bonchev–Trinajstić information content (AvgIpc) is 2.38. The molecule has 1 saturated heterocycles. The summed E-state index contributed by atoms with van der Waals surface area (Å²) in [4.78, 5) is 28.9. The number of carbonyl (C=O) groups excluding carboxylic acids is 2. The van der Waals surface area contributed by atoms with Crippen LogP contribution in [-0.2, 0) is 0 Å². The summed E-state index contributed by atoms with van der Waals surface area (Å²) in [6, 6.07) is 3.20. The van der Waals surface area contributed by atoms with E-state index in [1.807, 2.05) is 6.92 Å². The van der Waals surface area contributed by atoms with Crippen LogP contribution in [0.15, 0.2) is 18.3 Å². The van der Waals surface area contributed by atoms with Gasteiger partial charge in [-0.05, 0) is 19.1 Å². The largest absolute Gasteiger partial charge is 0.366 e. The van der Waals surface area contributed by atoms with E-state index >= 15 is 0 Å². The summed E-state index contributed by atoms with van der Waals surface area (Å²) in [7, 11) is 0. The molecule has 6 heteroatoms. The van der Waals surface area contributed by atoms with Crippen molar-refractivity contribution in [1.29, 1.82) is 0 Å². The van der Waals surface area contributed by atoms with Crippen LogP contribution in [0.5, 0.6) is 0 Å². The molecule has 0 unspecified atom stereocenters. The third-order valence-electron chi connectivity index (χ3n) is 3.03. The van der Waals surface area contributed by atoms with Gasteiger partial charge in [0.05, 0.1) is 5.56 Å². The number of carbonyl (C=O) groups is 2. The molecular weight excluding hydrogens is 232 g/mol. The summed E-state index contributed by atoms with van der Waals surface area (Å²) >= 11 is 0. The Morgan fingerprint density at radius 3 is 2.83 bits per heavy atom. The number of rotatable bonds is 2. The summed E-state index contributed by atoms with van der Waals surface area (Å²) in [5, 5.41) is 3.22. The summed E-state index contributed by atoms with van der Waals surface area (Å²) in [6.07, 6.45) is 1.34. The van der Waals surface area contributed by atoms with Gasteiger partial charge in [0.25, 0.3) is 5.91 Å². The fourth-order valence-electron chi connectivity index (χ4n) is 1.96. The van der Waals surface area contributed by atoms with E-state index < -0.39 is 5.91 Å². The molecule has 96 valence electrons. The topological polar surface area (TPSA) is 88.3 Å². The maximum Gasteiger partial charge on any atom is 0.272 e. The maximum absolute atomic E-state index is 12.2. The molecule has 3 N–H and O–H groups in total. The van der Waals surface area contributed by atoms with Gasteiger partial charge in [0, 0.05) is 31.9 Å². The zero-order valence-corrected chi connectivity index (χ0v) is 10.2. The van der Waals surface area contributed by atoms with Gasteiger partial charge in [0.1, 0.15) is 5.69 Å². The number of primary amides is 1. The lowest BCUT2D eigenvalue weighted by Crippen LogP contribution is -2.52. The van der Waals surface area contributed by atoms with Gasteiger partial charge in [0.2, 0.25) is 5.91 Å². The minimum atomic E-state index is -0.544. The van der Waals surface area contributed by atoms with Gasteiger partial charge in [-0.15, -0.1) is 0 Å². The number of piperazine rings is 1. The number of nitrogens with zero attached hydrogens (tertiary/aromatic N) is 2. The Balaban J connectivity index is 2.15. The van der Waals surface area contributed by atoms with E-state index in [0.717, 1.165) is 13.1 Å². The van der Waals surface area contributed by atoms with Crippen LogP contribution >= 0.6 is 0 Å². The van der Waals surface area contributed by atoms with Crippen molar-refractivity contribution in [3.63, 3.8) is 0 Å². The number of nitrogens with two attached hydrogens (primary N) is 1. The molecule has 0 aliphatic carbocycles. The first-order valence-corrected chi connectivity index (χ1v) is 5.87. The fourth-order valence-corrected chi connectivity index (χ4v) is 1.96. The molecule has 0 spiro atoms. The van der Waals surface area contributed by atoms with Crippen molar-refractivity contribution in [3.05, 3.63) is 29.6 Å². The van der Waals surface area contributed by atoms with Crippen LogP contribution in [0, 0.1) is 0 Å². The van der Waals surface area contributed by atoms with Crippen LogP contribution in [0.25, 0.3) is 0 Å². The SMILES string of the molecule is C[C@@H]1CNCCN1C(=O)c1ccc(C(N)=O)cn1. The van der Waals surface area contributed by atoms with Crippen molar-refractivity contribution in [2.45, 2.75) is 13.0 Å². The third-order valence-corrected chi connectivity index (χ3v) is 3.03. The van der Waals surface area contributed by atoms with E-state index in [9.17, 15) is 9.59 Å². The molecule has 1 fully saturated rings. The second kappa shape index (κ2) is 5.14. The molecule has 0 bridgehead atoms. The Bertz CT molecular complexity index is 458. The number of aromatic nitrogens is 1. The molecule has 1 aromatic rings. The molecule has 2 rings (SSSR count). The smallest absolute Gasteiger partial charge is 0.272 e. The van der Waals surface area contributed by atoms with Gasteiger partial charge < -0.3 is 16.0 Å². The minimum absolute atomic E-state index is 0.111. The van der Waals surface area contributed by atoms with Crippen molar-refractivity contribution in [2.24, 2.45) is 5.73 Å². The highest BCUT2D eigenvalue weighted by molar-refractivity contribution is 5.95. The first-order chi connectivity index (χ1) is 8.59. The molecule has 6 nitrogen and oxygen atoms in total. The van der Waals surface area contributed by atoms with Crippen LogP contribution in [0.4, 0.5) is 0 Å². The molecule has 0 aromatic carbocycles. The number of hydrogen-bond donors (Lipinski definition) is 2. The lowest BCUT2D eigenvalue weighted by Gasteiger charge is -2.33. The van der Waals surface area contributed by atoms with Gasteiger partial charge in [-0.3, -0.25) is 14.6 Å². The molecule has 1 aromatic heterocycles. The standard InChI is InChI=1S/C12H16N4O2/c1-8-6-14-4-5-16(8)12(18)10-3-2-9(7-15-10)11(13)17/h2-3,7-8,14H,4-6H2,1H3,(H2,13,17)/t8-/m1/s1. The number of nitrogens with one attached hydrogen (secondary N) is 1. The summed E-state index contributed by atoms with van der Waals surface area (Å²) < 4.78 is 0. The van der Waals surface area contributed by atoms with E-state index in [0.29, 0.717) is 17.8 Å². The quantitative estimate of drug-likeness (QED) is 0.746. The van der Waals surface area contributed by atoms with Crippen LogP contribution in [0.3, 0.4) is 0 Å². The summed E-state index contributed by atoms with van der Waals surface area (Å²) in [6.45, 7) is 4.22. The van der Waals surface area contributed by atoms with E-state index in [1.165, 1.54) is 18.3 Å². The van der Waals surface area contributed by atoms with Crippen LogP contribution in [-0.4, -0.2) is 47.4 Å². The number of pyridine rings is 1. The third kappa shape index (κ3) is 2.48. The van der Waals surface area contributed by atoms with Crippen molar-refractivity contribution >= 4 is 11.8 Å². The molecule has 0 saturated carbocycles. The van der Waals surface area contributed by atoms with Crippen LogP contribution in [0.2, 0.25) is 0 Å². The van der Waals surface area contributed by atoms with E-state index in [-0.39, 0.29) is 11.9 Å². The Kier molecular flexibility index (Phi) is 3.57. The van der Waals surface area contributed by atoms with Crippen molar-refractivity contribution in [1.82, 2.24) is 15.2 Å². The predicted molar refractivity (Wildman–Crippen MR) is 66.1 cm³/mol. The lowest BCUT2D eigenvalue weighted by atomic mass is 10.2. The normalized spacial score (nSPS) is 19.6. The molecule has 1 aliphatic rings. The highest BCUT2D eigenvalue weighted by Crippen LogP contribution is 2.09. The number of amides is 2. The molecule has 1 atom stereocenters. The van der Waals surface area contributed by atoms with Crippen molar-refractivity contribution in [3.8, 4) is 0 Å². The fraction of sp³-hybridized carbons (Fsp3) is 0.417. The van der Waals surface area contributed by atoms with Crippen molar-refractivity contribution < 1.29 is 9.59 Å². The second-order valence-electron chi connectivity index (χ2n) is 4.35. The van der Waals surface area contributed by atoms with Crippen LogP contribution in [0.1, 0.15) is 27.8 Å². The average molecular weight is 248 g/mol. The predicted octanol–water partition coefficient (Wildman–Crippen LogP) is -0.386. The molecule has 2 amide bonds. The van der Waals surface area contributed by atoms with E-state index in [2.05, 4.69) is 10.3 Å². The highest BCUT2D eigenvalue weighted by atomic mass is 16.2. The Morgan fingerprint density at radius 2 is 2.28 bits per heavy atom. The molecule has 18 heavy (non-hydrogen) atoms. The first-order valence-electron chi connectivity index (χ1n) is 5.87. The Labute approximate surface area is 105 Å². The van der Waals surface area contributed by atoms with Gasteiger partial charge in [-0.1, -0.05) is 0 Å². The first kappa shape index (κ1) is 12.5. The second-order valence-corrected chi connectivity index (χ2v) is 4.35. The van der Waals surface area contributed by atoms with E-state index in [4.69, 9.17) is 5.73 Å².